The summed E-state index contributed by atoms with van der Waals surface area (Å²) in [6.07, 6.45) is 5.32. The monoisotopic (exact) mass is 448 g/mol. The van der Waals surface area contributed by atoms with Gasteiger partial charge in [-0.2, -0.15) is 0 Å². The summed E-state index contributed by atoms with van der Waals surface area (Å²) in [6, 6.07) is 11.6. The first-order valence-electron chi connectivity index (χ1n) is 11.5. The minimum Gasteiger partial charge on any atom is -0.472 e. The number of aryl methyl sites for hydroxylation is 1. The Labute approximate surface area is 192 Å². The number of carbonyl (C=O) groups excluding carboxylic acids is 2. The van der Waals surface area contributed by atoms with Crippen LogP contribution in [0.15, 0.2) is 48.8 Å². The van der Waals surface area contributed by atoms with Gasteiger partial charge < -0.3 is 24.3 Å². The van der Waals surface area contributed by atoms with Gasteiger partial charge in [-0.1, -0.05) is 18.2 Å². The molecular formula is C25H28N4O4. The predicted molar refractivity (Wildman–Crippen MR) is 123 cm³/mol. The van der Waals surface area contributed by atoms with Crippen LogP contribution in [0.2, 0.25) is 0 Å². The van der Waals surface area contributed by atoms with Crippen LogP contribution in [-0.2, 0) is 16.0 Å². The van der Waals surface area contributed by atoms with Crippen molar-refractivity contribution < 1.29 is 19.1 Å². The van der Waals surface area contributed by atoms with Gasteiger partial charge in [-0.15, -0.1) is 0 Å². The van der Waals surface area contributed by atoms with Gasteiger partial charge >= 0.3 is 0 Å². The molecule has 2 aliphatic rings. The first-order valence-corrected chi connectivity index (χ1v) is 11.5. The van der Waals surface area contributed by atoms with Crippen LogP contribution < -0.4 is 4.74 Å². The summed E-state index contributed by atoms with van der Waals surface area (Å²) in [7, 11) is 0. The second-order valence-electron chi connectivity index (χ2n) is 8.49. The summed E-state index contributed by atoms with van der Waals surface area (Å²) in [6.45, 7) is 3.37. The zero-order valence-electron chi connectivity index (χ0n) is 18.5. The lowest BCUT2D eigenvalue weighted by molar-refractivity contribution is -0.130. The molecule has 4 heterocycles. The highest BCUT2D eigenvalue weighted by molar-refractivity contribution is 5.96. The zero-order valence-corrected chi connectivity index (χ0v) is 18.5. The maximum atomic E-state index is 12.9. The topological polar surface area (TPSA) is 87.8 Å². The van der Waals surface area contributed by atoms with Crippen molar-refractivity contribution in [2.24, 2.45) is 0 Å². The number of likely N-dealkylation sites (tertiary alicyclic amines) is 1. The van der Waals surface area contributed by atoms with Crippen LogP contribution in [-0.4, -0.2) is 77.1 Å². The average molecular weight is 449 g/mol. The van der Waals surface area contributed by atoms with E-state index in [4.69, 9.17) is 9.47 Å². The third kappa shape index (κ3) is 4.71. The number of fused-ring (bicyclic) bond motifs is 1. The maximum absolute atomic E-state index is 12.9. The smallest absolute Gasteiger partial charge is 0.259 e. The second-order valence-corrected chi connectivity index (χ2v) is 8.49. The number of hydrogen-bond donors (Lipinski definition) is 1. The van der Waals surface area contributed by atoms with Crippen molar-refractivity contribution in [1.29, 1.82) is 0 Å². The predicted octanol–water partition coefficient (Wildman–Crippen LogP) is 2.65. The van der Waals surface area contributed by atoms with Crippen molar-refractivity contribution in [3.63, 3.8) is 0 Å². The fraction of sp³-hybridized carbons (Fsp3) is 0.400. The van der Waals surface area contributed by atoms with Crippen LogP contribution >= 0.6 is 0 Å². The molecule has 1 N–H and O–H groups in total. The molecule has 2 aliphatic heterocycles. The molecule has 0 aliphatic carbocycles. The molecule has 3 aromatic rings. The van der Waals surface area contributed by atoms with Gasteiger partial charge in [0.15, 0.2) is 0 Å². The molecule has 0 spiro atoms. The number of pyridine rings is 1. The Hall–Kier alpha value is -3.39. The van der Waals surface area contributed by atoms with Crippen LogP contribution in [0.1, 0.15) is 28.8 Å². The van der Waals surface area contributed by atoms with Crippen LogP contribution in [0.5, 0.6) is 5.88 Å². The molecule has 1 atom stereocenters. The number of rotatable bonds is 6. The summed E-state index contributed by atoms with van der Waals surface area (Å²) in [4.78, 5) is 37.0. The van der Waals surface area contributed by atoms with Gasteiger partial charge in [0.2, 0.25) is 11.8 Å². The molecule has 172 valence electrons. The lowest BCUT2D eigenvalue weighted by Gasteiger charge is -2.27. The van der Waals surface area contributed by atoms with Gasteiger partial charge in [-0.25, -0.2) is 4.98 Å². The lowest BCUT2D eigenvalue weighted by Crippen LogP contribution is -2.41. The molecule has 1 aromatic carbocycles. The van der Waals surface area contributed by atoms with Gasteiger partial charge in [-0.3, -0.25) is 9.59 Å². The number of H-pyrrole nitrogens is 1. The van der Waals surface area contributed by atoms with Gasteiger partial charge in [0, 0.05) is 55.8 Å². The third-order valence-corrected chi connectivity index (χ3v) is 6.36. The zero-order chi connectivity index (χ0) is 22.6. The number of aromatic amines is 1. The van der Waals surface area contributed by atoms with E-state index in [1.165, 1.54) is 5.39 Å². The van der Waals surface area contributed by atoms with Crippen molar-refractivity contribution in [3.05, 3.63) is 59.9 Å². The van der Waals surface area contributed by atoms with E-state index in [2.05, 4.69) is 16.0 Å². The van der Waals surface area contributed by atoms with Gasteiger partial charge in [0.25, 0.3) is 5.91 Å². The summed E-state index contributed by atoms with van der Waals surface area (Å²) >= 11 is 0. The molecule has 2 saturated heterocycles. The molecule has 5 rings (SSSR count). The number of benzene rings is 1. The van der Waals surface area contributed by atoms with E-state index >= 15 is 0 Å². The number of hydrogen-bond acceptors (Lipinski definition) is 5. The Morgan fingerprint density at radius 1 is 1.09 bits per heavy atom. The summed E-state index contributed by atoms with van der Waals surface area (Å²) in [5.74, 6) is 0.371. The highest BCUT2D eigenvalue weighted by Crippen LogP contribution is 2.24. The molecule has 2 amide bonds. The summed E-state index contributed by atoms with van der Waals surface area (Å²) in [5.41, 5.74) is 2.71. The molecule has 2 fully saturated rings. The van der Waals surface area contributed by atoms with E-state index in [-0.39, 0.29) is 17.9 Å². The number of ether oxygens (including phenoxy) is 2. The normalized spacial score (nSPS) is 18.6. The lowest BCUT2D eigenvalue weighted by atomic mass is 10.1. The van der Waals surface area contributed by atoms with E-state index in [9.17, 15) is 9.59 Å². The first-order chi connectivity index (χ1) is 16.2. The van der Waals surface area contributed by atoms with E-state index in [1.807, 2.05) is 29.3 Å². The number of amides is 2. The number of morpholine rings is 1. The van der Waals surface area contributed by atoms with E-state index in [1.54, 1.807) is 23.2 Å². The Bertz CT molecular complexity index is 1140. The summed E-state index contributed by atoms with van der Waals surface area (Å²) in [5, 5.41) is 1.17. The standard InChI is InChI=1S/C25H28N4O4/c30-23(8-7-18-16-27-22-6-2-1-4-20(18)22)29-11-9-19(17-29)33-24-21(5-3-10-26-24)25(31)28-12-14-32-15-13-28/h1-6,10,16,19,27H,7-9,11-15,17H2. The highest BCUT2D eigenvalue weighted by Gasteiger charge is 2.30. The van der Waals surface area contributed by atoms with Crippen LogP contribution in [0.3, 0.4) is 0 Å². The number of para-hydroxylation sites is 1. The van der Waals surface area contributed by atoms with Gasteiger partial charge in [0.05, 0.1) is 19.8 Å². The Morgan fingerprint density at radius 2 is 1.94 bits per heavy atom. The highest BCUT2D eigenvalue weighted by atomic mass is 16.5. The molecule has 8 heteroatoms. The first kappa shape index (κ1) is 21.5. The van der Waals surface area contributed by atoms with E-state index in [0.717, 1.165) is 17.5 Å². The van der Waals surface area contributed by atoms with Crippen molar-refractivity contribution in [2.45, 2.75) is 25.4 Å². The third-order valence-electron chi connectivity index (χ3n) is 6.36. The van der Waals surface area contributed by atoms with Crippen molar-refractivity contribution in [2.75, 3.05) is 39.4 Å². The molecule has 0 radical (unpaired) electrons. The molecule has 1 unspecified atom stereocenters. The van der Waals surface area contributed by atoms with Crippen molar-refractivity contribution in [1.82, 2.24) is 19.8 Å². The number of nitrogens with one attached hydrogen (secondary N) is 1. The summed E-state index contributed by atoms with van der Waals surface area (Å²) < 4.78 is 11.5. The van der Waals surface area contributed by atoms with Crippen molar-refractivity contribution in [3.8, 4) is 5.88 Å². The SMILES string of the molecule is O=C(CCc1c[nH]c2ccccc12)N1CCC(Oc2ncccc2C(=O)N2CCOCC2)C1. The minimum absolute atomic E-state index is 0.0916. The van der Waals surface area contributed by atoms with E-state index in [0.29, 0.717) is 63.7 Å². The van der Waals surface area contributed by atoms with Gasteiger partial charge in [-0.05, 0) is 30.2 Å². The second kappa shape index (κ2) is 9.62. The molecule has 0 bridgehead atoms. The average Bonchev–Trinajstić information content (AvgIpc) is 3.50. The fourth-order valence-corrected chi connectivity index (χ4v) is 4.53. The molecule has 2 aromatic heterocycles. The molecule has 8 nitrogen and oxygen atoms in total. The van der Waals surface area contributed by atoms with Crippen LogP contribution in [0.4, 0.5) is 0 Å². The Kier molecular flexibility index (Phi) is 6.26. The minimum atomic E-state index is -0.173. The largest absolute Gasteiger partial charge is 0.472 e. The van der Waals surface area contributed by atoms with Crippen LogP contribution in [0.25, 0.3) is 10.9 Å². The van der Waals surface area contributed by atoms with E-state index < -0.39 is 0 Å². The van der Waals surface area contributed by atoms with Crippen LogP contribution in [0, 0.1) is 0 Å². The molecular weight excluding hydrogens is 420 g/mol. The molecule has 33 heavy (non-hydrogen) atoms. The quantitative estimate of drug-likeness (QED) is 0.626. The maximum Gasteiger partial charge on any atom is 0.259 e. The van der Waals surface area contributed by atoms with Gasteiger partial charge in [0.1, 0.15) is 11.7 Å². The number of nitrogens with zero attached hydrogens (tertiary/aromatic N) is 3. The number of aromatic nitrogens is 2. The Morgan fingerprint density at radius 3 is 2.82 bits per heavy atom. The van der Waals surface area contributed by atoms with Crippen molar-refractivity contribution >= 4 is 22.7 Å². The Balaban J connectivity index is 1.18. The number of carbonyl (C=O) groups is 2. The molecule has 0 saturated carbocycles. The fourth-order valence-electron chi connectivity index (χ4n) is 4.53.